The number of fused-ring (bicyclic) bond motifs is 3. The molecule has 1 aromatic rings. The van der Waals surface area contributed by atoms with E-state index in [1.54, 1.807) is 18.6 Å². The number of ether oxygens (including phenoxy) is 1. The van der Waals surface area contributed by atoms with Gasteiger partial charge in [-0.1, -0.05) is 30.3 Å². The third kappa shape index (κ3) is 2.67. The van der Waals surface area contributed by atoms with Gasteiger partial charge in [0.1, 0.15) is 18.5 Å². The number of allylic oxidation sites excluding steroid dienone is 1. The molecule has 2 N–H and O–H groups in total. The van der Waals surface area contributed by atoms with Crippen LogP contribution in [0.5, 0.6) is 0 Å². The molecule has 4 atom stereocenters. The first-order valence-corrected chi connectivity index (χ1v) is 10.2. The van der Waals surface area contributed by atoms with E-state index in [4.69, 9.17) is 15.6 Å². The first-order valence-electron chi connectivity index (χ1n) is 9.44. The largest absolute Gasteiger partial charge is 0.445 e. The Hall–Kier alpha value is -2.29. The van der Waals surface area contributed by atoms with Crippen LogP contribution in [0.15, 0.2) is 64.1 Å². The number of nitrogens with zero attached hydrogens (tertiary/aromatic N) is 4. The first-order chi connectivity index (χ1) is 13.6. The van der Waals surface area contributed by atoms with Crippen LogP contribution in [0.3, 0.4) is 0 Å². The highest BCUT2D eigenvalue weighted by Gasteiger charge is 2.54. The number of benzene rings is 1. The average Bonchev–Trinajstić information content (AvgIpc) is 3.37. The zero-order valence-electron chi connectivity index (χ0n) is 15.2. The van der Waals surface area contributed by atoms with Crippen LogP contribution in [0, 0.1) is 5.92 Å². The van der Waals surface area contributed by atoms with Crippen molar-refractivity contribution in [2.45, 2.75) is 38.0 Å². The van der Waals surface area contributed by atoms with Gasteiger partial charge < -0.3 is 9.64 Å². The van der Waals surface area contributed by atoms with E-state index in [2.05, 4.69) is 20.9 Å². The third-order valence-corrected chi connectivity index (χ3v) is 6.83. The molecule has 4 aliphatic rings. The summed E-state index contributed by atoms with van der Waals surface area (Å²) in [4.78, 5) is 23.7. The van der Waals surface area contributed by atoms with Gasteiger partial charge in [0.25, 0.3) is 0 Å². The molecule has 4 heterocycles. The molecule has 8 heteroatoms. The van der Waals surface area contributed by atoms with Crippen LogP contribution in [-0.4, -0.2) is 38.6 Å². The molecule has 2 fully saturated rings. The Balaban J connectivity index is 1.36. The fraction of sp³-hybridized carbons (Fsp3) is 0.350. The lowest BCUT2D eigenvalue weighted by Gasteiger charge is -2.26. The van der Waals surface area contributed by atoms with Crippen LogP contribution in [0.4, 0.5) is 4.79 Å². The van der Waals surface area contributed by atoms with Crippen molar-refractivity contribution in [2.24, 2.45) is 21.7 Å². The molecule has 2 saturated heterocycles. The van der Waals surface area contributed by atoms with E-state index < -0.39 is 0 Å². The fourth-order valence-corrected chi connectivity index (χ4v) is 5.22. The Labute approximate surface area is 171 Å². The average molecular weight is 443 g/mol. The molecule has 0 aliphatic carbocycles. The Kier molecular flexibility index (Phi) is 4.22. The number of aliphatic imine (C=N–C) groups is 2. The molecule has 144 valence electrons. The number of carbonyl (C=O) groups excluding carboxylic acids is 1. The molecule has 1 amide bonds. The molecular formula is C20H21BrN5O2+. The standard InChI is InChI=1S/C20H21BrN5O2/c21-19-24-18(17-11-23-8-9-26(17,19)22)15-10-14-6-7-16(15)25(14)20(27)28-12-13-4-2-1-3-5-13/h1-5,8-9,11,14-16H,6-7,10,12,22H2/q+1. The summed E-state index contributed by atoms with van der Waals surface area (Å²) in [6, 6.07) is 10.0. The molecule has 4 unspecified atom stereocenters. The van der Waals surface area contributed by atoms with Gasteiger partial charge in [-0.2, -0.15) is 10.8 Å². The number of hydrogen-bond acceptors (Lipinski definition) is 5. The first kappa shape index (κ1) is 17.8. The van der Waals surface area contributed by atoms with Crippen molar-refractivity contribution >= 4 is 33.0 Å². The number of rotatable bonds is 3. The van der Waals surface area contributed by atoms with E-state index in [-0.39, 0.29) is 35.3 Å². The van der Waals surface area contributed by atoms with Crippen molar-refractivity contribution < 1.29 is 14.1 Å². The minimum absolute atomic E-state index is 0.00513. The number of amides is 1. The van der Waals surface area contributed by atoms with E-state index in [0.29, 0.717) is 4.74 Å². The summed E-state index contributed by atoms with van der Waals surface area (Å²) >= 11 is 3.51. The summed E-state index contributed by atoms with van der Waals surface area (Å²) < 4.78 is 6.26. The fourth-order valence-electron chi connectivity index (χ4n) is 4.72. The summed E-state index contributed by atoms with van der Waals surface area (Å²) in [7, 11) is 0. The maximum atomic E-state index is 12.8. The highest BCUT2D eigenvalue weighted by molar-refractivity contribution is 9.18. The monoisotopic (exact) mass is 442 g/mol. The summed E-state index contributed by atoms with van der Waals surface area (Å²) in [5, 5.41) is 0. The molecule has 7 nitrogen and oxygen atoms in total. The van der Waals surface area contributed by atoms with Gasteiger partial charge >= 0.3 is 10.8 Å². The summed E-state index contributed by atoms with van der Waals surface area (Å²) in [5.74, 6) is 6.63. The topological polar surface area (TPSA) is 80.3 Å². The maximum absolute atomic E-state index is 12.8. The van der Waals surface area contributed by atoms with Gasteiger partial charge in [-0.25, -0.2) is 4.79 Å². The van der Waals surface area contributed by atoms with Crippen LogP contribution in [0.25, 0.3) is 0 Å². The van der Waals surface area contributed by atoms with Gasteiger partial charge in [-0.15, -0.1) is 4.59 Å². The van der Waals surface area contributed by atoms with Crippen LogP contribution in [0.1, 0.15) is 24.8 Å². The van der Waals surface area contributed by atoms with Gasteiger partial charge in [0.05, 0.1) is 12.4 Å². The molecule has 0 aromatic heterocycles. The molecule has 0 radical (unpaired) electrons. The number of amidine groups is 1. The summed E-state index contributed by atoms with van der Waals surface area (Å²) in [5.41, 5.74) is 2.78. The minimum atomic E-state index is -0.240. The Morgan fingerprint density at radius 2 is 2.14 bits per heavy atom. The van der Waals surface area contributed by atoms with Crippen molar-refractivity contribution in [2.75, 3.05) is 0 Å². The van der Waals surface area contributed by atoms with E-state index in [1.165, 1.54) is 0 Å². The quantitative estimate of drug-likeness (QED) is 0.442. The van der Waals surface area contributed by atoms with Gasteiger partial charge in [0.15, 0.2) is 0 Å². The SMILES string of the molecule is N[N+]12C=CN=CC1=C(C1CC3CCC1N3C(=O)OCc1ccccc1)N=C2Br. The van der Waals surface area contributed by atoms with Crippen LogP contribution in [0.2, 0.25) is 0 Å². The van der Waals surface area contributed by atoms with E-state index >= 15 is 0 Å². The summed E-state index contributed by atoms with van der Waals surface area (Å²) in [6.07, 6.45) is 7.86. The Bertz CT molecular complexity index is 941. The van der Waals surface area contributed by atoms with E-state index in [0.717, 1.165) is 36.2 Å². The second-order valence-corrected chi connectivity index (χ2v) is 8.30. The minimum Gasteiger partial charge on any atom is -0.445 e. The highest BCUT2D eigenvalue weighted by atomic mass is 79.9. The molecule has 1 aromatic carbocycles. The number of hydrogen-bond donors (Lipinski definition) is 1. The lowest BCUT2D eigenvalue weighted by Crippen LogP contribution is -2.50. The van der Waals surface area contributed by atoms with Gasteiger partial charge in [0, 0.05) is 33.9 Å². The van der Waals surface area contributed by atoms with Crippen LogP contribution < -0.4 is 5.84 Å². The van der Waals surface area contributed by atoms with Crippen molar-refractivity contribution in [3.05, 3.63) is 59.7 Å². The lowest BCUT2D eigenvalue weighted by atomic mass is 9.86. The molecule has 28 heavy (non-hydrogen) atoms. The van der Waals surface area contributed by atoms with E-state index in [9.17, 15) is 4.79 Å². The molecule has 0 spiro atoms. The van der Waals surface area contributed by atoms with Crippen LogP contribution >= 0.6 is 15.9 Å². The second kappa shape index (κ2) is 6.65. The van der Waals surface area contributed by atoms with Crippen molar-refractivity contribution in [1.82, 2.24) is 4.90 Å². The van der Waals surface area contributed by atoms with Crippen molar-refractivity contribution in [3.63, 3.8) is 0 Å². The smallest absolute Gasteiger partial charge is 0.410 e. The van der Waals surface area contributed by atoms with E-state index in [1.807, 2.05) is 35.2 Å². The molecule has 2 bridgehead atoms. The highest BCUT2D eigenvalue weighted by Crippen LogP contribution is 2.48. The molecular weight excluding hydrogens is 422 g/mol. The number of carbonyl (C=O) groups is 1. The molecule has 4 aliphatic heterocycles. The van der Waals surface area contributed by atoms with Crippen molar-refractivity contribution in [3.8, 4) is 0 Å². The summed E-state index contributed by atoms with van der Waals surface area (Å²) in [6.45, 7) is 0.290. The zero-order valence-corrected chi connectivity index (χ0v) is 16.8. The number of quaternary nitrogens is 1. The van der Waals surface area contributed by atoms with Crippen LogP contribution in [-0.2, 0) is 11.3 Å². The van der Waals surface area contributed by atoms with Gasteiger partial charge in [-0.05, 0) is 24.8 Å². The normalized spacial score (nSPS) is 32.7. The third-order valence-electron chi connectivity index (χ3n) is 6.07. The maximum Gasteiger partial charge on any atom is 0.410 e. The number of nitrogens with two attached hydrogens (primary N) is 1. The second-order valence-electron chi connectivity index (χ2n) is 7.59. The Morgan fingerprint density at radius 3 is 2.96 bits per heavy atom. The molecule has 5 rings (SSSR count). The zero-order chi connectivity index (χ0) is 19.3. The Morgan fingerprint density at radius 1 is 1.32 bits per heavy atom. The molecule has 0 saturated carbocycles. The predicted molar refractivity (Wildman–Crippen MR) is 109 cm³/mol. The van der Waals surface area contributed by atoms with Gasteiger partial charge in [0.2, 0.25) is 5.70 Å². The number of halogens is 1. The lowest BCUT2D eigenvalue weighted by molar-refractivity contribution is -0.746. The predicted octanol–water partition coefficient (Wildman–Crippen LogP) is 3.40. The van der Waals surface area contributed by atoms with Crippen molar-refractivity contribution in [1.29, 1.82) is 0 Å². The van der Waals surface area contributed by atoms with Gasteiger partial charge in [-0.3, -0.25) is 4.99 Å².